The van der Waals surface area contributed by atoms with E-state index in [2.05, 4.69) is 19.2 Å². The predicted octanol–water partition coefficient (Wildman–Crippen LogP) is 0.692. The lowest BCUT2D eigenvalue weighted by molar-refractivity contribution is -0.117. The van der Waals surface area contributed by atoms with E-state index in [1.54, 1.807) is 11.9 Å². The van der Waals surface area contributed by atoms with E-state index in [0.29, 0.717) is 46.2 Å². The molecule has 0 bridgehead atoms. The maximum atomic E-state index is 10.2. The van der Waals surface area contributed by atoms with Crippen molar-refractivity contribution in [2.24, 2.45) is 0 Å². The van der Waals surface area contributed by atoms with E-state index in [9.17, 15) is 9.18 Å². The Kier molecular flexibility index (Phi) is 17.7. The van der Waals surface area contributed by atoms with E-state index in [0.717, 1.165) is 13.0 Å². The van der Waals surface area contributed by atoms with E-state index in [-0.39, 0.29) is 0 Å². The van der Waals surface area contributed by atoms with E-state index >= 15 is 0 Å². The number of nitrogens with one attached hydrogen (secondary N) is 1. The second kappa shape index (κ2) is 16.3. The van der Waals surface area contributed by atoms with Gasteiger partial charge >= 0.3 is 0 Å². The van der Waals surface area contributed by atoms with Crippen LogP contribution in [0.1, 0.15) is 13.8 Å². The largest absolute Gasteiger partial charge is 0.378 e. The molecule has 0 aliphatic carbocycles. The molecule has 0 atom stereocenters. The molecule has 110 valence electrons. The number of carbonyl (C=O) groups is 1. The maximum Gasteiger partial charge on any atom is 0.209 e. The van der Waals surface area contributed by atoms with E-state index in [1.807, 2.05) is 0 Å². The van der Waals surface area contributed by atoms with Crippen LogP contribution >= 0.6 is 0 Å². The van der Waals surface area contributed by atoms with Crippen LogP contribution in [-0.2, 0) is 14.3 Å². The smallest absolute Gasteiger partial charge is 0.209 e. The molecule has 0 aliphatic heterocycles. The summed E-state index contributed by atoms with van der Waals surface area (Å²) < 4.78 is 20.1. The highest BCUT2D eigenvalue weighted by Crippen LogP contribution is 1.82. The summed E-state index contributed by atoms with van der Waals surface area (Å²) in [5, 5.41) is 3.26. The molecule has 1 amide bonds. The molecular weight excluding hydrogens is 239 g/mol. The van der Waals surface area contributed by atoms with Crippen LogP contribution in [0.4, 0.5) is 4.39 Å². The van der Waals surface area contributed by atoms with Gasteiger partial charge in [0.1, 0.15) is 0 Å². The standard InChI is InChI=1S/C11H24N2O3.CH3F/c1-11(2)12-4-6-15-8-9-16-7-5-13(3)10-14;1-2/h10-12H,4-9H2,1-3H3;1H3. The summed E-state index contributed by atoms with van der Waals surface area (Å²) in [6, 6.07) is 0.499. The van der Waals surface area contributed by atoms with Crippen molar-refractivity contribution in [2.75, 3.05) is 53.7 Å². The number of alkyl halides is 1. The van der Waals surface area contributed by atoms with Gasteiger partial charge in [-0.3, -0.25) is 9.18 Å². The van der Waals surface area contributed by atoms with Crippen LogP contribution in [0.2, 0.25) is 0 Å². The lowest BCUT2D eigenvalue weighted by Crippen LogP contribution is -2.27. The van der Waals surface area contributed by atoms with Crippen molar-refractivity contribution < 1.29 is 18.7 Å². The van der Waals surface area contributed by atoms with Crippen molar-refractivity contribution in [3.05, 3.63) is 0 Å². The van der Waals surface area contributed by atoms with Crippen molar-refractivity contribution in [1.29, 1.82) is 0 Å². The van der Waals surface area contributed by atoms with Crippen molar-refractivity contribution in [2.45, 2.75) is 19.9 Å². The number of amides is 1. The first-order chi connectivity index (χ1) is 8.66. The molecular formula is C12H27FN2O3. The van der Waals surface area contributed by atoms with Crippen LogP contribution in [0.3, 0.4) is 0 Å². The first-order valence-electron chi connectivity index (χ1n) is 6.09. The zero-order chi connectivity index (χ0) is 14.2. The van der Waals surface area contributed by atoms with Gasteiger partial charge in [-0.15, -0.1) is 0 Å². The zero-order valence-corrected chi connectivity index (χ0v) is 11.9. The zero-order valence-electron chi connectivity index (χ0n) is 11.9. The minimum atomic E-state index is 0.499. The lowest BCUT2D eigenvalue weighted by Gasteiger charge is -2.11. The van der Waals surface area contributed by atoms with Gasteiger partial charge in [0.05, 0.1) is 33.6 Å². The summed E-state index contributed by atoms with van der Waals surface area (Å²) in [5.74, 6) is 0. The minimum Gasteiger partial charge on any atom is -0.378 e. The summed E-state index contributed by atoms with van der Waals surface area (Å²) in [7, 11) is 2.23. The Labute approximate surface area is 110 Å². The molecule has 6 heteroatoms. The first-order valence-corrected chi connectivity index (χ1v) is 6.09. The fourth-order valence-corrected chi connectivity index (χ4v) is 1.00. The molecule has 0 rings (SSSR count). The number of carbonyl (C=O) groups excluding carboxylic acids is 1. The molecule has 0 aromatic rings. The molecule has 0 heterocycles. The number of hydrogen-bond acceptors (Lipinski definition) is 4. The topological polar surface area (TPSA) is 50.8 Å². The quantitative estimate of drug-likeness (QED) is 0.441. The summed E-state index contributed by atoms with van der Waals surface area (Å²) in [6.07, 6.45) is 0.789. The number of rotatable bonds is 11. The van der Waals surface area contributed by atoms with Gasteiger partial charge in [0, 0.05) is 26.2 Å². The number of halogens is 1. The maximum absolute atomic E-state index is 10.2. The first kappa shape index (κ1) is 19.6. The molecule has 0 aliphatic rings. The molecule has 0 fully saturated rings. The van der Waals surface area contributed by atoms with Crippen molar-refractivity contribution in [1.82, 2.24) is 10.2 Å². The molecule has 0 saturated carbocycles. The SMILES string of the molecule is CC(C)NCCOCCOCCN(C)C=O.CF. The van der Waals surface area contributed by atoms with E-state index in [1.165, 1.54) is 0 Å². The van der Waals surface area contributed by atoms with Crippen molar-refractivity contribution >= 4 is 6.41 Å². The van der Waals surface area contributed by atoms with Gasteiger partial charge in [-0.1, -0.05) is 13.8 Å². The van der Waals surface area contributed by atoms with Crippen LogP contribution < -0.4 is 5.32 Å². The van der Waals surface area contributed by atoms with Crippen LogP contribution in [0.25, 0.3) is 0 Å². The highest BCUT2D eigenvalue weighted by Gasteiger charge is 1.94. The average Bonchev–Trinajstić information content (AvgIpc) is 2.38. The predicted molar refractivity (Wildman–Crippen MR) is 70.5 cm³/mol. The van der Waals surface area contributed by atoms with E-state index < -0.39 is 0 Å². The highest BCUT2D eigenvalue weighted by atomic mass is 19.1. The Morgan fingerprint density at radius 1 is 1.17 bits per heavy atom. The molecule has 0 aromatic carbocycles. The average molecular weight is 266 g/mol. The normalized spacial score (nSPS) is 9.89. The van der Waals surface area contributed by atoms with Gasteiger partial charge in [0.15, 0.2) is 0 Å². The molecule has 0 radical (unpaired) electrons. The summed E-state index contributed by atoms with van der Waals surface area (Å²) in [4.78, 5) is 11.8. The lowest BCUT2D eigenvalue weighted by atomic mass is 10.4. The molecule has 0 aromatic heterocycles. The Hall–Kier alpha value is -0.720. The fraction of sp³-hybridized carbons (Fsp3) is 0.917. The van der Waals surface area contributed by atoms with Crippen molar-refractivity contribution in [3.63, 3.8) is 0 Å². The van der Waals surface area contributed by atoms with Gasteiger partial charge in [0.2, 0.25) is 6.41 Å². The van der Waals surface area contributed by atoms with Gasteiger partial charge in [0.25, 0.3) is 0 Å². The number of ether oxygens (including phenoxy) is 2. The monoisotopic (exact) mass is 266 g/mol. The Bertz CT molecular complexity index is 171. The third kappa shape index (κ3) is 17.7. The number of nitrogens with zero attached hydrogens (tertiary/aromatic N) is 1. The Balaban J connectivity index is 0. The summed E-state index contributed by atoms with van der Waals surface area (Å²) in [6.45, 7) is 8.14. The molecule has 5 nitrogen and oxygen atoms in total. The van der Waals surface area contributed by atoms with Gasteiger partial charge < -0.3 is 19.7 Å². The second-order valence-electron chi connectivity index (χ2n) is 3.92. The van der Waals surface area contributed by atoms with Crippen molar-refractivity contribution in [3.8, 4) is 0 Å². The van der Waals surface area contributed by atoms with Crippen LogP contribution in [0, 0.1) is 0 Å². The number of likely N-dealkylation sites (N-methyl/N-ethyl adjacent to an activating group) is 1. The molecule has 1 N–H and O–H groups in total. The van der Waals surface area contributed by atoms with Gasteiger partial charge in [-0.2, -0.15) is 0 Å². The summed E-state index contributed by atoms with van der Waals surface area (Å²) >= 11 is 0. The van der Waals surface area contributed by atoms with Crippen LogP contribution in [0.5, 0.6) is 0 Å². The minimum absolute atomic E-state index is 0.499. The van der Waals surface area contributed by atoms with Gasteiger partial charge in [-0.25, -0.2) is 0 Å². The fourth-order valence-electron chi connectivity index (χ4n) is 1.00. The van der Waals surface area contributed by atoms with E-state index in [4.69, 9.17) is 9.47 Å². The molecule has 0 unspecified atom stereocenters. The second-order valence-corrected chi connectivity index (χ2v) is 3.92. The third-order valence-corrected chi connectivity index (χ3v) is 1.94. The molecule has 18 heavy (non-hydrogen) atoms. The molecule has 0 spiro atoms. The van der Waals surface area contributed by atoms with Crippen LogP contribution in [0.15, 0.2) is 0 Å². The Morgan fingerprint density at radius 3 is 2.22 bits per heavy atom. The molecule has 0 saturated heterocycles. The Morgan fingerprint density at radius 2 is 1.72 bits per heavy atom. The summed E-state index contributed by atoms with van der Waals surface area (Å²) in [5.41, 5.74) is 0. The van der Waals surface area contributed by atoms with Gasteiger partial charge in [-0.05, 0) is 0 Å². The van der Waals surface area contributed by atoms with Crippen LogP contribution in [-0.4, -0.2) is 71.1 Å². The number of hydrogen-bond donors (Lipinski definition) is 1. The highest BCUT2D eigenvalue weighted by molar-refractivity contribution is 5.46. The third-order valence-electron chi connectivity index (χ3n) is 1.94.